The number of rotatable bonds is 3. The fraction of sp³-hybridized carbons (Fsp3) is 0.200. The Balaban J connectivity index is 2.37. The van der Waals surface area contributed by atoms with Gasteiger partial charge in [0.1, 0.15) is 5.75 Å². The summed E-state index contributed by atoms with van der Waals surface area (Å²) in [6.07, 6.45) is 0. The molecule has 0 bridgehead atoms. The number of ether oxygens (including phenoxy) is 1. The predicted molar refractivity (Wildman–Crippen MR) is 75.2 cm³/mol. The first kappa shape index (κ1) is 12.9. The van der Waals surface area contributed by atoms with Crippen molar-refractivity contribution in [2.75, 3.05) is 7.11 Å². The number of nitrogens with two attached hydrogens (primary N) is 1. The number of hydrogen-bond donors (Lipinski definition) is 1. The standard InChI is InChI=1S/C15H16ClNO/c1-10-6-12(8-13(16)7-10)15(17)11-4-3-5-14(9-11)18-2/h3-9,15H,17H2,1-2H3. The van der Waals surface area contributed by atoms with Gasteiger partial charge in [0.25, 0.3) is 0 Å². The molecule has 0 saturated heterocycles. The molecule has 0 heterocycles. The molecule has 2 rings (SSSR count). The highest BCUT2D eigenvalue weighted by atomic mass is 35.5. The second kappa shape index (κ2) is 5.42. The van der Waals surface area contributed by atoms with Crippen molar-refractivity contribution in [3.63, 3.8) is 0 Å². The van der Waals surface area contributed by atoms with Crippen LogP contribution >= 0.6 is 11.6 Å². The van der Waals surface area contributed by atoms with E-state index in [0.29, 0.717) is 5.02 Å². The molecule has 2 N–H and O–H groups in total. The van der Waals surface area contributed by atoms with E-state index in [1.54, 1.807) is 7.11 Å². The molecule has 2 aromatic rings. The van der Waals surface area contributed by atoms with Crippen molar-refractivity contribution in [1.82, 2.24) is 0 Å². The topological polar surface area (TPSA) is 35.2 Å². The maximum Gasteiger partial charge on any atom is 0.119 e. The van der Waals surface area contributed by atoms with Gasteiger partial charge in [-0.05, 0) is 47.9 Å². The molecule has 0 aromatic heterocycles. The molecule has 0 aliphatic rings. The smallest absolute Gasteiger partial charge is 0.119 e. The molecule has 3 heteroatoms. The van der Waals surface area contributed by atoms with Gasteiger partial charge in [-0.15, -0.1) is 0 Å². The fourth-order valence-electron chi connectivity index (χ4n) is 1.97. The molecule has 0 amide bonds. The third-order valence-corrected chi connectivity index (χ3v) is 3.09. The molecule has 1 atom stereocenters. The van der Waals surface area contributed by atoms with E-state index in [0.717, 1.165) is 22.4 Å². The lowest BCUT2D eigenvalue weighted by Crippen LogP contribution is -2.12. The Morgan fingerprint density at radius 3 is 2.56 bits per heavy atom. The van der Waals surface area contributed by atoms with Crippen LogP contribution in [0.1, 0.15) is 22.7 Å². The van der Waals surface area contributed by atoms with Gasteiger partial charge in [0.15, 0.2) is 0 Å². The third-order valence-electron chi connectivity index (χ3n) is 2.88. The summed E-state index contributed by atoms with van der Waals surface area (Å²) in [7, 11) is 1.65. The van der Waals surface area contributed by atoms with Gasteiger partial charge in [0.05, 0.1) is 13.2 Å². The van der Waals surface area contributed by atoms with E-state index in [4.69, 9.17) is 22.1 Å². The summed E-state index contributed by atoms with van der Waals surface area (Å²) < 4.78 is 5.21. The normalized spacial score (nSPS) is 12.2. The maximum atomic E-state index is 6.26. The molecular formula is C15H16ClNO. The number of hydrogen-bond acceptors (Lipinski definition) is 2. The van der Waals surface area contributed by atoms with E-state index >= 15 is 0 Å². The molecule has 94 valence electrons. The lowest BCUT2D eigenvalue weighted by atomic mass is 9.98. The molecule has 18 heavy (non-hydrogen) atoms. The molecule has 1 unspecified atom stereocenters. The molecule has 0 fully saturated rings. The van der Waals surface area contributed by atoms with Crippen LogP contribution in [0.4, 0.5) is 0 Å². The zero-order valence-electron chi connectivity index (χ0n) is 10.5. The van der Waals surface area contributed by atoms with Gasteiger partial charge >= 0.3 is 0 Å². The van der Waals surface area contributed by atoms with Gasteiger partial charge in [0, 0.05) is 5.02 Å². The number of benzene rings is 2. The molecular weight excluding hydrogens is 246 g/mol. The highest BCUT2D eigenvalue weighted by Gasteiger charge is 2.10. The van der Waals surface area contributed by atoms with Gasteiger partial charge in [-0.2, -0.15) is 0 Å². The Morgan fingerprint density at radius 1 is 1.11 bits per heavy atom. The average molecular weight is 262 g/mol. The van der Waals surface area contributed by atoms with E-state index in [2.05, 4.69) is 6.07 Å². The molecule has 0 spiro atoms. The third kappa shape index (κ3) is 2.84. The van der Waals surface area contributed by atoms with Crippen molar-refractivity contribution in [3.8, 4) is 5.75 Å². The highest BCUT2D eigenvalue weighted by molar-refractivity contribution is 6.30. The summed E-state index contributed by atoms with van der Waals surface area (Å²) in [4.78, 5) is 0. The van der Waals surface area contributed by atoms with E-state index in [-0.39, 0.29) is 6.04 Å². The van der Waals surface area contributed by atoms with Crippen molar-refractivity contribution < 1.29 is 4.74 Å². The number of halogens is 1. The average Bonchev–Trinajstić information content (AvgIpc) is 2.37. The van der Waals surface area contributed by atoms with Crippen LogP contribution < -0.4 is 10.5 Å². The van der Waals surface area contributed by atoms with Crippen LogP contribution in [0, 0.1) is 6.92 Å². The minimum Gasteiger partial charge on any atom is -0.497 e. The molecule has 0 saturated carbocycles. The second-order valence-electron chi connectivity index (χ2n) is 4.32. The summed E-state index contributed by atoms with van der Waals surface area (Å²) in [5.74, 6) is 0.807. The van der Waals surface area contributed by atoms with E-state index in [1.165, 1.54) is 0 Å². The van der Waals surface area contributed by atoms with Gasteiger partial charge in [0.2, 0.25) is 0 Å². The van der Waals surface area contributed by atoms with Crippen LogP contribution in [0.15, 0.2) is 42.5 Å². The van der Waals surface area contributed by atoms with Crippen LogP contribution in [0.25, 0.3) is 0 Å². The largest absolute Gasteiger partial charge is 0.497 e. The van der Waals surface area contributed by atoms with Crippen molar-refractivity contribution in [1.29, 1.82) is 0 Å². The van der Waals surface area contributed by atoms with Crippen LogP contribution in [0.2, 0.25) is 5.02 Å². The molecule has 2 nitrogen and oxygen atoms in total. The van der Waals surface area contributed by atoms with E-state index in [1.807, 2.05) is 43.3 Å². The molecule has 2 aromatic carbocycles. The van der Waals surface area contributed by atoms with Crippen LogP contribution in [-0.2, 0) is 0 Å². The SMILES string of the molecule is COc1cccc(C(N)c2cc(C)cc(Cl)c2)c1. The Bertz CT molecular complexity index is 534. The van der Waals surface area contributed by atoms with E-state index < -0.39 is 0 Å². The van der Waals surface area contributed by atoms with Gasteiger partial charge in [-0.1, -0.05) is 29.8 Å². The first-order chi connectivity index (χ1) is 8.60. The summed E-state index contributed by atoms with van der Waals surface area (Å²) in [6, 6.07) is 13.4. The summed E-state index contributed by atoms with van der Waals surface area (Å²) >= 11 is 6.06. The minimum atomic E-state index is -0.197. The molecule has 0 aliphatic carbocycles. The molecule has 0 aliphatic heterocycles. The van der Waals surface area contributed by atoms with Crippen molar-refractivity contribution in [3.05, 3.63) is 64.2 Å². The van der Waals surface area contributed by atoms with Gasteiger partial charge < -0.3 is 10.5 Å². The Kier molecular flexibility index (Phi) is 3.90. The monoisotopic (exact) mass is 261 g/mol. The first-order valence-electron chi connectivity index (χ1n) is 5.77. The zero-order chi connectivity index (χ0) is 13.1. The Hall–Kier alpha value is -1.51. The zero-order valence-corrected chi connectivity index (χ0v) is 11.2. The van der Waals surface area contributed by atoms with Crippen molar-refractivity contribution in [2.45, 2.75) is 13.0 Å². The Labute approximate surface area is 112 Å². The lowest BCUT2D eigenvalue weighted by Gasteiger charge is -2.14. The van der Waals surface area contributed by atoms with Gasteiger partial charge in [-0.3, -0.25) is 0 Å². The summed E-state index contributed by atoms with van der Waals surface area (Å²) in [5, 5.41) is 0.711. The van der Waals surface area contributed by atoms with Crippen LogP contribution in [0.5, 0.6) is 5.75 Å². The van der Waals surface area contributed by atoms with Crippen LogP contribution in [0.3, 0.4) is 0 Å². The van der Waals surface area contributed by atoms with Crippen LogP contribution in [-0.4, -0.2) is 7.11 Å². The van der Waals surface area contributed by atoms with E-state index in [9.17, 15) is 0 Å². The first-order valence-corrected chi connectivity index (χ1v) is 6.14. The maximum absolute atomic E-state index is 6.26. The lowest BCUT2D eigenvalue weighted by molar-refractivity contribution is 0.414. The number of aryl methyl sites for hydroxylation is 1. The highest BCUT2D eigenvalue weighted by Crippen LogP contribution is 2.26. The fourth-order valence-corrected chi connectivity index (χ4v) is 2.27. The minimum absolute atomic E-state index is 0.197. The number of methoxy groups -OCH3 is 1. The quantitative estimate of drug-likeness (QED) is 0.914. The second-order valence-corrected chi connectivity index (χ2v) is 4.75. The summed E-state index contributed by atoms with van der Waals surface area (Å²) in [6.45, 7) is 2.01. The summed E-state index contributed by atoms with van der Waals surface area (Å²) in [5.41, 5.74) is 9.39. The van der Waals surface area contributed by atoms with Gasteiger partial charge in [-0.25, -0.2) is 0 Å². The Morgan fingerprint density at radius 2 is 1.89 bits per heavy atom. The molecule has 0 radical (unpaired) electrons. The van der Waals surface area contributed by atoms with Crippen molar-refractivity contribution >= 4 is 11.6 Å². The van der Waals surface area contributed by atoms with Crippen molar-refractivity contribution in [2.24, 2.45) is 5.73 Å². The predicted octanol–water partition coefficient (Wildman–Crippen LogP) is 3.71.